The molecule has 2 saturated carbocycles. The number of amides is 3. The molecule has 0 bridgehead atoms. The third-order valence-corrected chi connectivity index (χ3v) is 12.8. The largest absolute Gasteiger partial charge is 0.497 e. The van der Waals surface area contributed by atoms with E-state index in [4.69, 9.17) is 24.2 Å². The van der Waals surface area contributed by atoms with Crippen molar-refractivity contribution in [3.8, 4) is 22.9 Å². The van der Waals surface area contributed by atoms with E-state index in [0.717, 1.165) is 30.8 Å². The molecule has 1 unspecified atom stereocenters. The average molecular weight is 799 g/mol. The van der Waals surface area contributed by atoms with Gasteiger partial charge in [0.15, 0.2) is 5.13 Å². The summed E-state index contributed by atoms with van der Waals surface area (Å²) < 4.78 is 30.5. The zero-order chi connectivity index (χ0) is 39.9. The number of aromatic nitrogens is 2. The minimum atomic E-state index is -4.83. The van der Waals surface area contributed by atoms with Crippen LogP contribution in [0.5, 0.6) is 11.5 Å². The predicted octanol–water partition coefficient (Wildman–Crippen LogP) is 5.82. The van der Waals surface area contributed by atoms with Gasteiger partial charge in [0, 0.05) is 41.3 Å². The summed E-state index contributed by atoms with van der Waals surface area (Å²) in [6, 6.07) is 5.02. The molecular formula is C38H51N6O9PS. The van der Waals surface area contributed by atoms with E-state index in [1.165, 1.54) is 22.3 Å². The molecule has 3 aliphatic rings. The highest BCUT2D eigenvalue weighted by molar-refractivity contribution is 7.54. The van der Waals surface area contributed by atoms with E-state index in [1.54, 1.807) is 46.1 Å². The highest BCUT2D eigenvalue weighted by atomic mass is 32.1. The van der Waals surface area contributed by atoms with E-state index in [9.17, 15) is 28.7 Å². The maximum absolute atomic E-state index is 14.6. The van der Waals surface area contributed by atoms with Gasteiger partial charge in [-0.1, -0.05) is 26.8 Å². The first-order valence-corrected chi connectivity index (χ1v) is 21.1. The zero-order valence-electron chi connectivity index (χ0n) is 32.0. The zero-order valence-corrected chi connectivity index (χ0v) is 33.7. The fourth-order valence-electron chi connectivity index (χ4n) is 7.32. The van der Waals surface area contributed by atoms with Crippen LogP contribution in [0.25, 0.3) is 22.3 Å². The first-order valence-electron chi connectivity index (χ1n) is 18.6. The lowest BCUT2D eigenvalue weighted by molar-refractivity contribution is -0.142. The third-order valence-electron chi connectivity index (χ3n) is 10.4. The molecule has 1 aliphatic heterocycles. The number of carbonyl (C=O) groups is 3. The fraction of sp³-hybridized carbons (Fsp3) is 0.553. The number of methoxy groups -OCH3 is 1. The first kappa shape index (κ1) is 40.4. The van der Waals surface area contributed by atoms with Gasteiger partial charge >= 0.3 is 13.7 Å². The number of hydrogen-bond acceptors (Lipinski definition) is 11. The topological polar surface area (TPSA) is 202 Å². The molecule has 55 heavy (non-hydrogen) atoms. The van der Waals surface area contributed by atoms with Gasteiger partial charge in [0.1, 0.15) is 46.8 Å². The summed E-state index contributed by atoms with van der Waals surface area (Å²) in [6.45, 7) is 13.0. The lowest BCUT2D eigenvalue weighted by atomic mass is 9.85. The van der Waals surface area contributed by atoms with Crippen LogP contribution in [0.2, 0.25) is 0 Å². The summed E-state index contributed by atoms with van der Waals surface area (Å²) in [5.41, 5.74) is 0.921. The molecule has 15 nitrogen and oxygen atoms in total. The number of anilines is 1. The Bertz CT molecular complexity index is 1990. The summed E-state index contributed by atoms with van der Waals surface area (Å²) in [4.78, 5) is 73.4. The number of hydrogen-bond donors (Lipinski definition) is 5. The number of carbonyl (C=O) groups excluding carboxylic acids is 3. The van der Waals surface area contributed by atoms with Crippen molar-refractivity contribution < 1.29 is 42.9 Å². The summed E-state index contributed by atoms with van der Waals surface area (Å²) in [6.07, 6.45) is 3.10. The predicted molar refractivity (Wildman–Crippen MR) is 209 cm³/mol. The van der Waals surface area contributed by atoms with Gasteiger partial charge in [-0.25, -0.2) is 14.8 Å². The van der Waals surface area contributed by atoms with E-state index in [1.807, 2.05) is 25.3 Å². The van der Waals surface area contributed by atoms with Gasteiger partial charge < -0.3 is 44.8 Å². The second-order valence-corrected chi connectivity index (χ2v) is 18.7. The first-order chi connectivity index (χ1) is 25.9. The van der Waals surface area contributed by atoms with Gasteiger partial charge in [-0.15, -0.1) is 17.9 Å². The van der Waals surface area contributed by atoms with Crippen LogP contribution in [-0.4, -0.2) is 91.8 Å². The number of thiazole rings is 1. The van der Waals surface area contributed by atoms with Gasteiger partial charge in [0.25, 0.3) is 0 Å². The maximum Gasteiger partial charge on any atom is 0.408 e. The molecule has 5 atom stereocenters. The highest BCUT2D eigenvalue weighted by Crippen LogP contribution is 2.67. The second kappa shape index (κ2) is 15.7. The molecule has 1 aromatic carbocycles. The standard InChI is InChI=1S/C38H51N6O9PS/c1-8-22-18-38(22,54(48,49)50)43-33(45)30-16-25(19-44(30)34(46)32(37(4,5)6)42-36(47)53-23-11-9-10-12-23)52-31-17-28(29-20-55-35(41-29)39-21(2)3)40-27-15-24(51-7)13-14-26(27)31/h8,13-15,17,20-23,25,30,32H,1,9-12,16,18-19H2,2-7H3,(H,39,41)(H,42,47)(H,43,45)(H2,48,49,50)/t22-,25-,30?,32-,38+/m1/s1. The van der Waals surface area contributed by atoms with Crippen molar-refractivity contribution >= 4 is 52.9 Å². The van der Waals surface area contributed by atoms with Gasteiger partial charge in [-0.2, -0.15) is 0 Å². The summed E-state index contributed by atoms with van der Waals surface area (Å²) in [5.74, 6) is -0.933. The Morgan fingerprint density at radius 3 is 2.45 bits per heavy atom. The summed E-state index contributed by atoms with van der Waals surface area (Å²) in [5, 5.41) is 10.1. The van der Waals surface area contributed by atoms with E-state index < -0.39 is 60.3 Å². The Morgan fingerprint density at radius 2 is 1.84 bits per heavy atom. The van der Waals surface area contributed by atoms with Crippen LogP contribution in [0.1, 0.15) is 73.1 Å². The van der Waals surface area contributed by atoms with Gasteiger partial charge in [0.05, 0.1) is 24.9 Å². The van der Waals surface area contributed by atoms with E-state index in [0.29, 0.717) is 33.8 Å². The smallest absolute Gasteiger partial charge is 0.408 e. The van der Waals surface area contributed by atoms with Crippen LogP contribution in [-0.2, 0) is 18.9 Å². The van der Waals surface area contributed by atoms with Crippen molar-refractivity contribution in [2.45, 2.75) is 109 Å². The fourth-order valence-corrected chi connectivity index (χ4v) is 9.40. The Balaban J connectivity index is 1.33. The molecule has 0 spiro atoms. The number of rotatable bonds is 13. The number of pyridine rings is 1. The van der Waals surface area contributed by atoms with Gasteiger partial charge in [0.2, 0.25) is 11.8 Å². The van der Waals surface area contributed by atoms with Crippen molar-refractivity contribution in [2.24, 2.45) is 11.3 Å². The summed E-state index contributed by atoms with van der Waals surface area (Å²) in [7, 11) is -3.27. The minimum absolute atomic E-state index is 0.00650. The molecule has 3 heterocycles. The lowest BCUT2D eigenvalue weighted by Crippen LogP contribution is -2.58. The van der Waals surface area contributed by atoms with E-state index in [2.05, 4.69) is 22.5 Å². The number of nitrogens with zero attached hydrogens (tertiary/aromatic N) is 3. The van der Waals surface area contributed by atoms with Crippen LogP contribution < -0.4 is 25.4 Å². The minimum Gasteiger partial charge on any atom is -0.497 e. The molecule has 2 aliphatic carbocycles. The second-order valence-electron chi connectivity index (χ2n) is 16.0. The number of benzene rings is 1. The molecule has 6 rings (SSSR count). The normalized spacial score (nSPS) is 23.4. The molecule has 298 valence electrons. The molecule has 3 amide bonds. The molecule has 3 fully saturated rings. The summed E-state index contributed by atoms with van der Waals surface area (Å²) >= 11 is 1.44. The SMILES string of the molecule is C=C[C@@H]1C[C@]1(NC(=O)C1C[C@@H](Oc2cc(-c3csc(NC(C)C)n3)nc3cc(OC)ccc23)CN1C(=O)[C@@H](NC(=O)OC1CCCC1)C(C)(C)C)P(=O)(O)O. The van der Waals surface area contributed by atoms with Gasteiger partial charge in [-0.3, -0.25) is 14.2 Å². The molecule has 3 aromatic rings. The Hall–Kier alpha value is -4.24. The molecule has 17 heteroatoms. The van der Waals surface area contributed by atoms with Crippen molar-refractivity contribution in [2.75, 3.05) is 19.0 Å². The molecular weight excluding hydrogens is 747 g/mol. The number of ether oxygens (including phenoxy) is 3. The van der Waals surface area contributed by atoms with E-state index in [-0.39, 0.29) is 31.5 Å². The number of likely N-dealkylation sites (tertiary alicyclic amines) is 1. The van der Waals surface area contributed by atoms with Crippen LogP contribution in [0.4, 0.5) is 9.93 Å². The quantitative estimate of drug-likeness (QED) is 0.103. The van der Waals surface area contributed by atoms with Gasteiger partial charge in [-0.05, 0) is 63.5 Å². The maximum atomic E-state index is 14.6. The average Bonchev–Trinajstić information content (AvgIpc) is 3.50. The Kier molecular flexibility index (Phi) is 11.6. The molecule has 0 radical (unpaired) electrons. The number of alkyl carbamates (subject to hydrolysis) is 1. The number of fused-ring (bicyclic) bond motifs is 1. The van der Waals surface area contributed by atoms with Crippen LogP contribution in [0, 0.1) is 11.3 Å². The van der Waals surface area contributed by atoms with Crippen LogP contribution >= 0.6 is 18.9 Å². The third kappa shape index (κ3) is 8.77. The van der Waals surface area contributed by atoms with Crippen LogP contribution in [0.15, 0.2) is 42.3 Å². The number of nitrogens with one attached hydrogen (secondary N) is 3. The monoisotopic (exact) mass is 798 g/mol. The highest BCUT2D eigenvalue weighted by Gasteiger charge is 2.66. The molecule has 1 saturated heterocycles. The Morgan fingerprint density at radius 1 is 1.11 bits per heavy atom. The van der Waals surface area contributed by atoms with Crippen molar-refractivity contribution in [1.82, 2.24) is 25.5 Å². The van der Waals surface area contributed by atoms with Crippen molar-refractivity contribution in [3.63, 3.8) is 0 Å². The van der Waals surface area contributed by atoms with Crippen molar-refractivity contribution in [3.05, 3.63) is 42.3 Å². The van der Waals surface area contributed by atoms with E-state index >= 15 is 0 Å². The molecule has 5 N–H and O–H groups in total. The Labute approximate surface area is 324 Å². The van der Waals surface area contributed by atoms with Crippen LogP contribution in [0.3, 0.4) is 0 Å². The molecule has 2 aromatic heterocycles. The van der Waals surface area contributed by atoms with Crippen molar-refractivity contribution in [1.29, 1.82) is 0 Å². The lowest BCUT2D eigenvalue weighted by Gasteiger charge is -2.35.